The van der Waals surface area contributed by atoms with Crippen molar-refractivity contribution in [2.45, 2.75) is 44.7 Å². The SMILES string of the molecule is CCC(C(=O)NCC(C)C)N(Cc1ccc(Cl)c(Cl)c1)C(=O)CN(c1ccccc1OC)S(=O)(=O)c1ccccc1. The molecule has 220 valence electrons. The Morgan fingerprint density at radius 1 is 0.951 bits per heavy atom. The molecule has 0 aromatic heterocycles. The molecule has 0 bridgehead atoms. The molecular formula is C30H35Cl2N3O5S. The fraction of sp³-hybridized carbons (Fsp3) is 0.333. The van der Waals surface area contributed by atoms with Crippen LogP contribution in [-0.2, 0) is 26.2 Å². The topological polar surface area (TPSA) is 96.0 Å². The summed E-state index contributed by atoms with van der Waals surface area (Å²) in [6, 6.07) is 18.5. The summed E-state index contributed by atoms with van der Waals surface area (Å²) in [5.41, 5.74) is 0.830. The molecule has 0 radical (unpaired) electrons. The number of anilines is 1. The Balaban J connectivity index is 2.09. The van der Waals surface area contributed by atoms with Crippen molar-refractivity contribution in [3.63, 3.8) is 0 Å². The summed E-state index contributed by atoms with van der Waals surface area (Å²) in [5.74, 6) is -0.428. The first-order valence-corrected chi connectivity index (χ1v) is 15.4. The van der Waals surface area contributed by atoms with Crippen molar-refractivity contribution in [1.82, 2.24) is 10.2 Å². The molecule has 11 heteroatoms. The molecule has 3 aromatic carbocycles. The van der Waals surface area contributed by atoms with Gasteiger partial charge in [-0.2, -0.15) is 0 Å². The highest BCUT2D eigenvalue weighted by molar-refractivity contribution is 7.92. The third kappa shape index (κ3) is 8.15. The van der Waals surface area contributed by atoms with E-state index in [1.807, 2.05) is 13.8 Å². The molecule has 0 saturated carbocycles. The number of methoxy groups -OCH3 is 1. The summed E-state index contributed by atoms with van der Waals surface area (Å²) in [6.45, 7) is 5.60. The van der Waals surface area contributed by atoms with E-state index in [1.54, 1.807) is 67.6 Å². The van der Waals surface area contributed by atoms with Gasteiger partial charge < -0.3 is 15.0 Å². The predicted molar refractivity (Wildman–Crippen MR) is 163 cm³/mol. The van der Waals surface area contributed by atoms with E-state index in [-0.39, 0.29) is 34.7 Å². The normalized spacial score (nSPS) is 12.1. The Labute approximate surface area is 252 Å². The highest BCUT2D eigenvalue weighted by atomic mass is 35.5. The largest absolute Gasteiger partial charge is 0.495 e. The van der Waals surface area contributed by atoms with Crippen LogP contribution in [0.2, 0.25) is 10.0 Å². The van der Waals surface area contributed by atoms with E-state index >= 15 is 0 Å². The van der Waals surface area contributed by atoms with Gasteiger partial charge in [-0.3, -0.25) is 13.9 Å². The van der Waals surface area contributed by atoms with E-state index in [2.05, 4.69) is 5.32 Å². The zero-order chi connectivity index (χ0) is 30.2. The Bertz CT molecular complexity index is 1450. The smallest absolute Gasteiger partial charge is 0.264 e. The van der Waals surface area contributed by atoms with Crippen molar-refractivity contribution in [1.29, 1.82) is 0 Å². The summed E-state index contributed by atoms with van der Waals surface area (Å²) in [6.07, 6.45) is 0.303. The van der Waals surface area contributed by atoms with Gasteiger partial charge in [0.15, 0.2) is 0 Å². The number of para-hydroxylation sites is 2. The van der Waals surface area contributed by atoms with Crippen LogP contribution in [0, 0.1) is 5.92 Å². The summed E-state index contributed by atoms with van der Waals surface area (Å²) in [5, 5.41) is 3.56. The summed E-state index contributed by atoms with van der Waals surface area (Å²) >= 11 is 12.3. The van der Waals surface area contributed by atoms with Crippen LogP contribution in [-0.4, -0.2) is 51.4 Å². The lowest BCUT2D eigenvalue weighted by Gasteiger charge is -2.33. The number of sulfonamides is 1. The first-order valence-electron chi connectivity index (χ1n) is 13.2. The first kappa shape index (κ1) is 32.2. The van der Waals surface area contributed by atoms with Crippen molar-refractivity contribution >= 4 is 50.7 Å². The van der Waals surface area contributed by atoms with E-state index in [0.717, 1.165) is 4.31 Å². The van der Waals surface area contributed by atoms with Crippen molar-refractivity contribution in [3.05, 3.63) is 88.4 Å². The number of carbonyl (C=O) groups excluding carboxylic acids is 2. The second-order valence-electron chi connectivity index (χ2n) is 9.83. The number of hydrogen-bond donors (Lipinski definition) is 1. The highest BCUT2D eigenvalue weighted by Crippen LogP contribution is 2.33. The number of ether oxygens (including phenoxy) is 1. The fourth-order valence-corrected chi connectivity index (χ4v) is 6.01. The van der Waals surface area contributed by atoms with Crippen molar-refractivity contribution < 1.29 is 22.7 Å². The van der Waals surface area contributed by atoms with Crippen LogP contribution in [0.5, 0.6) is 5.75 Å². The number of hydrogen-bond acceptors (Lipinski definition) is 5. The molecule has 1 N–H and O–H groups in total. The Morgan fingerprint density at radius 3 is 2.22 bits per heavy atom. The van der Waals surface area contributed by atoms with Crippen LogP contribution in [0.25, 0.3) is 0 Å². The third-order valence-electron chi connectivity index (χ3n) is 6.37. The predicted octanol–water partition coefficient (Wildman–Crippen LogP) is 5.78. The van der Waals surface area contributed by atoms with Crippen LogP contribution in [0.3, 0.4) is 0 Å². The van der Waals surface area contributed by atoms with E-state index < -0.39 is 28.5 Å². The average molecular weight is 621 g/mol. The second-order valence-corrected chi connectivity index (χ2v) is 12.5. The molecule has 0 fully saturated rings. The lowest BCUT2D eigenvalue weighted by molar-refractivity contribution is -0.140. The van der Waals surface area contributed by atoms with Crippen LogP contribution >= 0.6 is 23.2 Å². The van der Waals surface area contributed by atoms with Crippen LogP contribution in [0.4, 0.5) is 5.69 Å². The third-order valence-corrected chi connectivity index (χ3v) is 8.88. The second kappa shape index (κ2) is 14.6. The molecule has 0 aliphatic rings. The molecule has 8 nitrogen and oxygen atoms in total. The number of rotatable bonds is 13. The van der Waals surface area contributed by atoms with Crippen molar-refractivity contribution in [2.24, 2.45) is 5.92 Å². The number of carbonyl (C=O) groups is 2. The van der Waals surface area contributed by atoms with Gasteiger partial charge in [0, 0.05) is 13.1 Å². The lowest BCUT2D eigenvalue weighted by Crippen LogP contribution is -2.52. The number of nitrogens with one attached hydrogen (secondary N) is 1. The van der Waals surface area contributed by atoms with Gasteiger partial charge in [0.05, 0.1) is 27.7 Å². The number of halogens is 2. The maximum Gasteiger partial charge on any atom is 0.264 e. The maximum absolute atomic E-state index is 14.1. The Kier molecular flexibility index (Phi) is 11.5. The van der Waals surface area contributed by atoms with Gasteiger partial charge in [0.1, 0.15) is 18.3 Å². The van der Waals surface area contributed by atoms with Crippen molar-refractivity contribution in [3.8, 4) is 5.75 Å². The fourth-order valence-electron chi connectivity index (χ4n) is 4.25. The first-order chi connectivity index (χ1) is 19.5. The molecule has 1 unspecified atom stereocenters. The van der Waals surface area contributed by atoms with Gasteiger partial charge in [-0.15, -0.1) is 0 Å². The Morgan fingerprint density at radius 2 is 1.61 bits per heavy atom. The minimum absolute atomic E-state index is 0.00841. The summed E-state index contributed by atoms with van der Waals surface area (Å²) in [7, 11) is -2.78. The number of benzene rings is 3. The quantitative estimate of drug-likeness (QED) is 0.262. The van der Waals surface area contributed by atoms with Crippen LogP contribution in [0.1, 0.15) is 32.8 Å². The van der Waals surface area contributed by atoms with Crippen molar-refractivity contribution in [2.75, 3.05) is 24.5 Å². The van der Waals surface area contributed by atoms with Gasteiger partial charge in [-0.25, -0.2) is 8.42 Å². The molecule has 0 heterocycles. The minimum atomic E-state index is -4.21. The molecule has 3 aromatic rings. The Hall–Kier alpha value is -3.27. The van der Waals surface area contributed by atoms with Gasteiger partial charge in [0.2, 0.25) is 11.8 Å². The zero-order valence-corrected chi connectivity index (χ0v) is 25.8. The van der Waals surface area contributed by atoms with Gasteiger partial charge >= 0.3 is 0 Å². The van der Waals surface area contributed by atoms with Gasteiger partial charge in [-0.1, -0.05) is 80.4 Å². The van der Waals surface area contributed by atoms with E-state index in [4.69, 9.17) is 27.9 Å². The molecule has 0 saturated heterocycles. The lowest BCUT2D eigenvalue weighted by atomic mass is 10.1. The molecule has 41 heavy (non-hydrogen) atoms. The summed E-state index contributed by atoms with van der Waals surface area (Å²) < 4.78 is 34.4. The molecule has 3 rings (SSSR count). The monoisotopic (exact) mass is 619 g/mol. The standard InChI is InChI=1S/C30H35Cl2N3O5S/c1-5-26(30(37)33-18-21(2)3)34(19-22-15-16-24(31)25(32)17-22)29(36)20-35(27-13-9-10-14-28(27)40-4)41(38,39)23-11-7-6-8-12-23/h6-17,21,26H,5,18-20H2,1-4H3,(H,33,37). The van der Waals surface area contributed by atoms with E-state index in [1.165, 1.54) is 24.1 Å². The zero-order valence-electron chi connectivity index (χ0n) is 23.5. The van der Waals surface area contributed by atoms with Crippen LogP contribution < -0.4 is 14.4 Å². The minimum Gasteiger partial charge on any atom is -0.495 e. The maximum atomic E-state index is 14.1. The van der Waals surface area contributed by atoms with Crippen LogP contribution in [0.15, 0.2) is 77.7 Å². The van der Waals surface area contributed by atoms with E-state index in [0.29, 0.717) is 28.6 Å². The number of amides is 2. The average Bonchev–Trinajstić information content (AvgIpc) is 2.96. The highest BCUT2D eigenvalue weighted by Gasteiger charge is 2.34. The summed E-state index contributed by atoms with van der Waals surface area (Å²) in [4.78, 5) is 28.8. The van der Waals surface area contributed by atoms with Gasteiger partial charge in [0.25, 0.3) is 10.0 Å². The number of nitrogens with zero attached hydrogens (tertiary/aromatic N) is 2. The molecule has 2 amide bonds. The molecule has 0 aliphatic heterocycles. The molecular weight excluding hydrogens is 585 g/mol. The molecule has 0 aliphatic carbocycles. The molecule has 0 spiro atoms. The van der Waals surface area contributed by atoms with E-state index in [9.17, 15) is 18.0 Å². The van der Waals surface area contributed by atoms with Gasteiger partial charge in [-0.05, 0) is 54.3 Å². The molecule has 1 atom stereocenters.